The van der Waals surface area contributed by atoms with Gasteiger partial charge in [-0.05, 0) is 0 Å². The Bertz CT molecular complexity index is 630. The van der Waals surface area contributed by atoms with Gasteiger partial charge in [-0.3, -0.25) is 14.4 Å². The van der Waals surface area contributed by atoms with Gasteiger partial charge in [-0.15, -0.1) is 12.3 Å². The predicted octanol–water partition coefficient (Wildman–Crippen LogP) is -2.34. The first-order chi connectivity index (χ1) is 18.6. The number of aliphatic hydroxyl groups excluding tert-OH is 1. The summed E-state index contributed by atoms with van der Waals surface area (Å²) in [5.41, 5.74) is 0. The molecule has 0 aliphatic rings. The third-order valence-corrected chi connectivity index (χ3v) is 3.97. The van der Waals surface area contributed by atoms with Crippen LogP contribution in [0.5, 0.6) is 0 Å². The summed E-state index contributed by atoms with van der Waals surface area (Å²) in [6.07, 6.45) is 6.46. The number of amides is 3. The van der Waals surface area contributed by atoms with Crippen LogP contribution in [0.2, 0.25) is 0 Å². The average molecular weight is 550 g/mol. The van der Waals surface area contributed by atoms with Gasteiger partial charge in [0.05, 0.1) is 59.5 Å². The van der Waals surface area contributed by atoms with Crippen LogP contribution in [0, 0.1) is 12.3 Å². The highest BCUT2D eigenvalue weighted by atomic mass is 16.5. The van der Waals surface area contributed by atoms with Crippen molar-refractivity contribution in [3.8, 4) is 12.3 Å². The lowest BCUT2D eigenvalue weighted by molar-refractivity contribution is -0.127. The minimum atomic E-state index is -0.273. The van der Waals surface area contributed by atoms with Crippen LogP contribution in [0.1, 0.15) is 12.8 Å². The third kappa shape index (κ3) is 31.4. The molecule has 0 aliphatic heterocycles. The number of aliphatic hydroxyl groups is 1. The first kappa shape index (κ1) is 37.5. The maximum atomic E-state index is 11.6. The van der Waals surface area contributed by atoms with Gasteiger partial charge in [0.15, 0.2) is 0 Å². The Hall–Kier alpha value is -2.64. The van der Waals surface area contributed by atoms with Crippen molar-refractivity contribution in [2.75, 3.05) is 106 Å². The second-order valence-corrected chi connectivity index (χ2v) is 6.94. The van der Waals surface area contributed by atoms with E-state index in [2.05, 4.69) is 21.9 Å². The molecule has 0 aromatic carbocycles. The number of carbonyl (C=O) groups is 4. The molecule has 0 atom stereocenters. The Morgan fingerprint density at radius 1 is 0.658 bits per heavy atom. The Balaban J connectivity index is 0. The van der Waals surface area contributed by atoms with Crippen LogP contribution in [-0.4, -0.2) is 135 Å². The van der Waals surface area contributed by atoms with Gasteiger partial charge in [0.25, 0.3) is 0 Å². The summed E-state index contributed by atoms with van der Waals surface area (Å²) in [5.74, 6) is 1.74. The van der Waals surface area contributed by atoms with Crippen molar-refractivity contribution in [2.45, 2.75) is 12.8 Å². The van der Waals surface area contributed by atoms with Gasteiger partial charge in [-0.25, -0.2) is 0 Å². The number of hydrogen-bond acceptors (Lipinski definition) is 11. The lowest BCUT2D eigenvalue weighted by Gasteiger charge is -2.09. The molecule has 14 nitrogen and oxygen atoms in total. The molecule has 0 aromatic rings. The molecule has 0 aromatic heterocycles. The SMILES string of the molecule is C#CCCC(=O)NCCOCCOCC(=O)NCCOCCOCC(=O)NCCOCCOCC=O.CO. The molecule has 0 saturated heterocycles. The molecule has 0 saturated carbocycles. The summed E-state index contributed by atoms with van der Waals surface area (Å²) < 4.78 is 31.1. The van der Waals surface area contributed by atoms with Crippen molar-refractivity contribution in [2.24, 2.45) is 0 Å². The normalized spacial score (nSPS) is 10.0. The fraction of sp³-hybridized carbons (Fsp3) is 0.750. The van der Waals surface area contributed by atoms with Crippen LogP contribution < -0.4 is 16.0 Å². The van der Waals surface area contributed by atoms with E-state index in [1.165, 1.54) is 0 Å². The van der Waals surface area contributed by atoms with Crippen molar-refractivity contribution < 1.29 is 52.7 Å². The first-order valence-electron chi connectivity index (χ1n) is 12.2. The second kappa shape index (κ2) is 32.4. The molecule has 38 heavy (non-hydrogen) atoms. The Morgan fingerprint density at radius 3 is 1.47 bits per heavy atom. The van der Waals surface area contributed by atoms with Crippen molar-refractivity contribution in [3.63, 3.8) is 0 Å². The van der Waals surface area contributed by atoms with Crippen LogP contribution in [0.4, 0.5) is 0 Å². The summed E-state index contributed by atoms with van der Waals surface area (Å²) in [7, 11) is 1.00. The molecule has 0 fully saturated rings. The predicted molar refractivity (Wildman–Crippen MR) is 136 cm³/mol. The molecule has 0 aliphatic carbocycles. The molecule has 220 valence electrons. The molecule has 0 radical (unpaired) electrons. The first-order valence-corrected chi connectivity index (χ1v) is 12.2. The molecule has 4 N–H and O–H groups in total. The summed E-state index contributed by atoms with van der Waals surface area (Å²) in [5, 5.41) is 15.0. The second-order valence-electron chi connectivity index (χ2n) is 6.94. The number of nitrogens with one attached hydrogen (secondary N) is 3. The lowest BCUT2D eigenvalue weighted by Crippen LogP contribution is -2.32. The Morgan fingerprint density at radius 2 is 1.05 bits per heavy atom. The molecule has 14 heteroatoms. The zero-order chi connectivity index (χ0) is 28.5. The van der Waals surface area contributed by atoms with E-state index >= 15 is 0 Å². The van der Waals surface area contributed by atoms with E-state index in [1.807, 2.05) is 0 Å². The van der Waals surface area contributed by atoms with Gasteiger partial charge in [0.1, 0.15) is 26.1 Å². The quantitative estimate of drug-likeness (QED) is 0.0516. The number of terminal acetylenes is 1. The van der Waals surface area contributed by atoms with E-state index in [1.54, 1.807) is 0 Å². The van der Waals surface area contributed by atoms with Gasteiger partial charge in [0.2, 0.25) is 17.7 Å². The van der Waals surface area contributed by atoms with E-state index in [0.717, 1.165) is 7.11 Å². The van der Waals surface area contributed by atoms with E-state index in [0.29, 0.717) is 78.4 Å². The standard InChI is InChI=1S/C23H39N3O10.CH4O/c1-2-3-4-21(28)24-5-9-32-15-17-35-20-23(30)26-7-11-33-16-18-36-19-22(29)25-6-10-31-13-14-34-12-8-27;1-2/h1,8H,3-7,9-20H2,(H,24,28)(H,25,29)(H,26,30);2H,1H3. The number of aldehydes is 1. The Kier molecular flexibility index (Phi) is 32.0. The molecule has 0 bridgehead atoms. The van der Waals surface area contributed by atoms with Gasteiger partial charge < -0.3 is 54.3 Å². The summed E-state index contributed by atoms with van der Waals surface area (Å²) in [4.78, 5) is 44.6. The van der Waals surface area contributed by atoms with Crippen LogP contribution in [0.15, 0.2) is 0 Å². The highest BCUT2D eigenvalue weighted by Gasteiger charge is 2.03. The lowest BCUT2D eigenvalue weighted by atomic mass is 10.3. The largest absolute Gasteiger partial charge is 0.400 e. The molecule has 3 amide bonds. The van der Waals surface area contributed by atoms with Gasteiger partial charge in [0, 0.05) is 39.6 Å². The molecular formula is C24H43N3O11. The monoisotopic (exact) mass is 549 g/mol. The highest BCUT2D eigenvalue weighted by molar-refractivity contribution is 5.77. The van der Waals surface area contributed by atoms with E-state index in [-0.39, 0.29) is 57.4 Å². The number of carbonyl (C=O) groups excluding carboxylic acids is 4. The van der Waals surface area contributed by atoms with Crippen LogP contribution in [-0.2, 0) is 47.6 Å². The van der Waals surface area contributed by atoms with E-state index in [9.17, 15) is 19.2 Å². The molecule has 0 unspecified atom stereocenters. The van der Waals surface area contributed by atoms with Crippen LogP contribution >= 0.6 is 0 Å². The number of ether oxygens (including phenoxy) is 6. The van der Waals surface area contributed by atoms with Gasteiger partial charge in [-0.1, -0.05) is 0 Å². The maximum Gasteiger partial charge on any atom is 0.246 e. The van der Waals surface area contributed by atoms with E-state index < -0.39 is 0 Å². The third-order valence-electron chi connectivity index (χ3n) is 3.97. The Labute approximate surface area is 224 Å². The number of hydrogen-bond donors (Lipinski definition) is 4. The van der Waals surface area contributed by atoms with Crippen molar-refractivity contribution >= 4 is 24.0 Å². The van der Waals surface area contributed by atoms with Crippen molar-refractivity contribution in [3.05, 3.63) is 0 Å². The topological polar surface area (TPSA) is 180 Å². The summed E-state index contributed by atoms with van der Waals surface area (Å²) >= 11 is 0. The highest BCUT2D eigenvalue weighted by Crippen LogP contribution is 1.86. The fourth-order valence-corrected chi connectivity index (χ4v) is 2.28. The maximum absolute atomic E-state index is 11.6. The zero-order valence-corrected chi connectivity index (χ0v) is 22.2. The summed E-state index contributed by atoms with van der Waals surface area (Å²) in [6, 6.07) is 0. The number of rotatable bonds is 26. The molecular weight excluding hydrogens is 506 g/mol. The average Bonchev–Trinajstić information content (AvgIpc) is 2.93. The minimum absolute atomic E-state index is 0.0440. The molecule has 0 spiro atoms. The summed E-state index contributed by atoms with van der Waals surface area (Å²) in [6.45, 7) is 3.64. The molecule has 0 heterocycles. The van der Waals surface area contributed by atoms with Gasteiger partial charge >= 0.3 is 0 Å². The van der Waals surface area contributed by atoms with E-state index in [4.69, 9.17) is 40.0 Å². The van der Waals surface area contributed by atoms with Crippen molar-refractivity contribution in [1.29, 1.82) is 0 Å². The zero-order valence-electron chi connectivity index (χ0n) is 22.2. The van der Waals surface area contributed by atoms with Gasteiger partial charge in [-0.2, -0.15) is 0 Å². The minimum Gasteiger partial charge on any atom is -0.400 e. The van der Waals surface area contributed by atoms with Crippen LogP contribution in [0.3, 0.4) is 0 Å². The van der Waals surface area contributed by atoms with Crippen LogP contribution in [0.25, 0.3) is 0 Å². The smallest absolute Gasteiger partial charge is 0.246 e. The fourth-order valence-electron chi connectivity index (χ4n) is 2.28. The van der Waals surface area contributed by atoms with Crippen molar-refractivity contribution in [1.82, 2.24) is 16.0 Å². The molecule has 0 rings (SSSR count).